The number of imide groups is 1. The maximum absolute atomic E-state index is 14.1. The first-order valence-corrected chi connectivity index (χ1v) is 9.43. The molecule has 0 spiro atoms. The molecule has 1 aliphatic heterocycles. The lowest BCUT2D eigenvalue weighted by atomic mass is 10.1. The van der Waals surface area contributed by atoms with Crippen LogP contribution < -0.4 is 0 Å². The number of carbonyl (C=O) groups is 2. The number of alkyl halides is 2. The van der Waals surface area contributed by atoms with E-state index in [1.54, 1.807) is 24.3 Å². The molecule has 0 aliphatic carbocycles. The van der Waals surface area contributed by atoms with Gasteiger partial charge >= 0.3 is 0 Å². The van der Waals surface area contributed by atoms with Crippen molar-refractivity contribution in [3.63, 3.8) is 0 Å². The van der Waals surface area contributed by atoms with Gasteiger partial charge in [-0.25, -0.2) is 8.78 Å². The number of ether oxygens (including phenoxy) is 1. The van der Waals surface area contributed by atoms with Crippen molar-refractivity contribution in [2.45, 2.75) is 31.6 Å². The van der Waals surface area contributed by atoms with Crippen molar-refractivity contribution < 1.29 is 23.1 Å². The number of hydrogen-bond acceptors (Lipinski definition) is 3. The van der Waals surface area contributed by atoms with Gasteiger partial charge in [-0.2, -0.15) is 0 Å². The summed E-state index contributed by atoms with van der Waals surface area (Å²) in [5.74, 6) is -3.95. The lowest BCUT2D eigenvalue weighted by Crippen LogP contribution is -2.34. The van der Waals surface area contributed by atoms with Gasteiger partial charge in [-0.1, -0.05) is 42.5 Å². The maximum atomic E-state index is 14.1. The molecule has 0 atom stereocenters. The van der Waals surface area contributed by atoms with E-state index in [-0.39, 0.29) is 37.1 Å². The van der Waals surface area contributed by atoms with Crippen LogP contribution in [0.25, 0.3) is 0 Å². The van der Waals surface area contributed by atoms with Gasteiger partial charge < -0.3 is 4.74 Å². The van der Waals surface area contributed by atoms with Crippen molar-refractivity contribution >= 4 is 11.8 Å². The van der Waals surface area contributed by atoms with E-state index >= 15 is 0 Å². The number of fused-ring (bicyclic) bond motifs is 1. The van der Waals surface area contributed by atoms with Crippen molar-refractivity contribution in [1.82, 2.24) is 4.90 Å². The lowest BCUT2D eigenvalue weighted by Gasteiger charge is -2.20. The van der Waals surface area contributed by atoms with Crippen LogP contribution in [0.3, 0.4) is 0 Å². The molecule has 0 saturated heterocycles. The van der Waals surface area contributed by atoms with Gasteiger partial charge in [0.05, 0.1) is 17.7 Å². The molecule has 4 nitrogen and oxygen atoms in total. The van der Waals surface area contributed by atoms with Crippen LogP contribution in [0.4, 0.5) is 8.78 Å². The third kappa shape index (κ3) is 5.01. The third-order valence-electron chi connectivity index (χ3n) is 4.79. The Balaban J connectivity index is 1.36. The Kier molecular flexibility index (Phi) is 6.52. The molecule has 2 aromatic rings. The molecule has 148 valence electrons. The minimum atomic E-state index is -2.95. The fraction of sp³-hybridized carbons (Fsp3) is 0.364. The average molecular weight is 387 g/mol. The quantitative estimate of drug-likeness (QED) is 0.450. The topological polar surface area (TPSA) is 46.6 Å². The first kappa shape index (κ1) is 20.1. The molecule has 6 heteroatoms. The summed E-state index contributed by atoms with van der Waals surface area (Å²) in [6.07, 6.45) is 0.102. The minimum absolute atomic E-state index is 0.226. The van der Waals surface area contributed by atoms with Crippen molar-refractivity contribution in [1.29, 1.82) is 0 Å². The number of benzene rings is 2. The number of nitrogens with zero attached hydrogens (tertiary/aromatic N) is 1. The van der Waals surface area contributed by atoms with Crippen LogP contribution in [0.15, 0.2) is 54.6 Å². The molecule has 1 aliphatic rings. The van der Waals surface area contributed by atoms with Crippen LogP contribution in [0.5, 0.6) is 0 Å². The van der Waals surface area contributed by atoms with Crippen molar-refractivity contribution in [2.24, 2.45) is 0 Å². The SMILES string of the molecule is O=C1c2ccccc2C(=O)N1CCC(F)(F)CCCOCCc1ccccc1. The van der Waals surface area contributed by atoms with Gasteiger partial charge in [0, 0.05) is 26.0 Å². The monoisotopic (exact) mass is 387 g/mol. The van der Waals surface area contributed by atoms with E-state index in [0.29, 0.717) is 6.61 Å². The summed E-state index contributed by atoms with van der Waals surface area (Å²) in [5.41, 5.74) is 1.71. The van der Waals surface area contributed by atoms with Gasteiger partial charge in [-0.15, -0.1) is 0 Å². The van der Waals surface area contributed by atoms with E-state index in [2.05, 4.69) is 0 Å². The van der Waals surface area contributed by atoms with Crippen molar-refractivity contribution in [2.75, 3.05) is 19.8 Å². The minimum Gasteiger partial charge on any atom is -0.381 e. The summed E-state index contributed by atoms with van der Waals surface area (Å²) >= 11 is 0. The first-order chi connectivity index (χ1) is 13.5. The molecule has 0 unspecified atom stereocenters. The summed E-state index contributed by atoms with van der Waals surface area (Å²) < 4.78 is 33.7. The van der Waals surface area contributed by atoms with Gasteiger partial charge in [-0.3, -0.25) is 14.5 Å². The number of amides is 2. The molecule has 2 aromatic carbocycles. The summed E-state index contributed by atoms with van der Waals surface area (Å²) in [7, 11) is 0. The number of rotatable bonds is 10. The highest BCUT2D eigenvalue weighted by Gasteiger charge is 2.37. The maximum Gasteiger partial charge on any atom is 0.261 e. The van der Waals surface area contributed by atoms with Crippen LogP contribution in [0.1, 0.15) is 45.5 Å². The first-order valence-electron chi connectivity index (χ1n) is 9.43. The molecule has 3 rings (SSSR count). The Morgan fingerprint density at radius 3 is 2.07 bits per heavy atom. The second-order valence-corrected chi connectivity index (χ2v) is 6.87. The molecule has 0 aromatic heterocycles. The zero-order valence-electron chi connectivity index (χ0n) is 15.6. The van der Waals surface area contributed by atoms with Gasteiger partial charge in [0.1, 0.15) is 0 Å². The molecule has 0 fully saturated rings. The molecule has 2 amide bonds. The van der Waals surface area contributed by atoms with Crippen molar-refractivity contribution in [3.05, 3.63) is 71.3 Å². The van der Waals surface area contributed by atoms with E-state index in [1.165, 1.54) is 0 Å². The van der Waals surface area contributed by atoms with E-state index in [1.807, 2.05) is 30.3 Å². The predicted molar refractivity (Wildman–Crippen MR) is 102 cm³/mol. The van der Waals surface area contributed by atoms with Gasteiger partial charge in [0.25, 0.3) is 11.8 Å². The zero-order valence-corrected chi connectivity index (χ0v) is 15.6. The lowest BCUT2D eigenvalue weighted by molar-refractivity contribution is -0.0285. The summed E-state index contributed by atoms with van der Waals surface area (Å²) in [6, 6.07) is 16.2. The van der Waals surface area contributed by atoms with Gasteiger partial charge in [-0.05, 0) is 30.5 Å². The predicted octanol–water partition coefficient (Wildman–Crippen LogP) is 4.35. The Morgan fingerprint density at radius 2 is 1.43 bits per heavy atom. The number of carbonyl (C=O) groups excluding carboxylic acids is 2. The number of halogens is 2. The average Bonchev–Trinajstić information content (AvgIpc) is 2.94. The molecule has 0 N–H and O–H groups in total. The molecule has 0 saturated carbocycles. The molecule has 0 bridgehead atoms. The Hall–Kier alpha value is -2.60. The highest BCUT2D eigenvalue weighted by Crippen LogP contribution is 2.28. The normalized spacial score (nSPS) is 13.9. The third-order valence-corrected chi connectivity index (χ3v) is 4.79. The zero-order chi connectivity index (χ0) is 20.0. The van der Waals surface area contributed by atoms with Crippen molar-refractivity contribution in [3.8, 4) is 0 Å². The fourth-order valence-electron chi connectivity index (χ4n) is 3.21. The molecule has 1 heterocycles. The van der Waals surface area contributed by atoms with E-state index in [4.69, 9.17) is 4.74 Å². The highest BCUT2D eigenvalue weighted by atomic mass is 19.3. The van der Waals surface area contributed by atoms with Crippen LogP contribution in [0.2, 0.25) is 0 Å². The van der Waals surface area contributed by atoms with E-state index in [9.17, 15) is 18.4 Å². The van der Waals surface area contributed by atoms with Crippen LogP contribution in [-0.2, 0) is 11.2 Å². The Morgan fingerprint density at radius 1 is 0.821 bits per heavy atom. The molecular weight excluding hydrogens is 364 g/mol. The smallest absolute Gasteiger partial charge is 0.261 e. The largest absolute Gasteiger partial charge is 0.381 e. The summed E-state index contributed by atoms with van der Waals surface area (Å²) in [5, 5.41) is 0. The fourth-order valence-corrected chi connectivity index (χ4v) is 3.21. The summed E-state index contributed by atoms with van der Waals surface area (Å²) in [6.45, 7) is 0.467. The van der Waals surface area contributed by atoms with E-state index in [0.717, 1.165) is 16.9 Å². The molecular formula is C22H23F2NO3. The highest BCUT2D eigenvalue weighted by molar-refractivity contribution is 6.21. The standard InChI is InChI=1S/C22H23F2NO3/c23-22(24,12-6-15-28-16-11-17-7-2-1-3-8-17)13-14-25-20(26)18-9-4-5-10-19(18)21(25)27/h1-5,7-10H,6,11-16H2. The Bertz CT molecular complexity index is 789. The molecule has 0 radical (unpaired) electrons. The van der Waals surface area contributed by atoms with Gasteiger partial charge in [0.15, 0.2) is 0 Å². The van der Waals surface area contributed by atoms with Crippen LogP contribution >= 0.6 is 0 Å². The van der Waals surface area contributed by atoms with Crippen LogP contribution in [-0.4, -0.2) is 42.4 Å². The second kappa shape index (κ2) is 9.06. The molecule has 28 heavy (non-hydrogen) atoms. The Labute approximate surface area is 163 Å². The number of hydrogen-bond donors (Lipinski definition) is 0. The second-order valence-electron chi connectivity index (χ2n) is 6.87. The van der Waals surface area contributed by atoms with Gasteiger partial charge in [0.2, 0.25) is 5.92 Å². The van der Waals surface area contributed by atoms with E-state index < -0.39 is 24.2 Å². The summed E-state index contributed by atoms with van der Waals surface area (Å²) in [4.78, 5) is 25.3. The van der Waals surface area contributed by atoms with Crippen LogP contribution in [0, 0.1) is 0 Å².